The second kappa shape index (κ2) is 6.51. The minimum Gasteiger partial charge on any atom is -0.481 e. The van der Waals surface area contributed by atoms with Gasteiger partial charge < -0.3 is 10.4 Å². The third-order valence-corrected chi connectivity index (χ3v) is 3.18. The van der Waals surface area contributed by atoms with Crippen LogP contribution in [0, 0.1) is 5.92 Å². The lowest BCUT2D eigenvalue weighted by Crippen LogP contribution is -2.37. The third-order valence-electron chi connectivity index (χ3n) is 3.18. The molecule has 1 saturated carbocycles. The molecule has 1 fully saturated rings. The Labute approximate surface area is 96.4 Å². The van der Waals surface area contributed by atoms with Gasteiger partial charge in [0.1, 0.15) is 0 Å². The maximum atomic E-state index is 11.5. The highest BCUT2D eigenvalue weighted by atomic mass is 16.4. The van der Waals surface area contributed by atoms with Gasteiger partial charge in [0.15, 0.2) is 0 Å². The molecule has 0 aromatic carbocycles. The number of carboxylic acids is 1. The van der Waals surface area contributed by atoms with Crippen LogP contribution in [0.4, 0.5) is 0 Å². The lowest BCUT2D eigenvalue weighted by molar-refractivity contribution is -0.137. The number of carbonyl (C=O) groups excluding carboxylic acids is 1. The van der Waals surface area contributed by atoms with Gasteiger partial charge in [-0.25, -0.2) is 0 Å². The molecular weight excluding hydrogens is 206 g/mol. The Morgan fingerprint density at radius 3 is 2.38 bits per heavy atom. The predicted octanol–water partition coefficient (Wildman–Crippen LogP) is 1.94. The molecule has 16 heavy (non-hydrogen) atoms. The van der Waals surface area contributed by atoms with Crippen LogP contribution in [0.25, 0.3) is 0 Å². The second-order valence-corrected chi connectivity index (χ2v) is 4.77. The summed E-state index contributed by atoms with van der Waals surface area (Å²) in [5.74, 6) is -0.0553. The van der Waals surface area contributed by atoms with Crippen LogP contribution in [0.15, 0.2) is 0 Å². The SMILES string of the molecule is CC1CCC(NC(=O)CCCC(=O)O)CC1. The van der Waals surface area contributed by atoms with Gasteiger partial charge in [-0.05, 0) is 38.0 Å². The zero-order chi connectivity index (χ0) is 12.0. The van der Waals surface area contributed by atoms with E-state index >= 15 is 0 Å². The number of aliphatic carboxylic acids is 1. The van der Waals surface area contributed by atoms with Gasteiger partial charge in [0.2, 0.25) is 5.91 Å². The van der Waals surface area contributed by atoms with Crippen molar-refractivity contribution < 1.29 is 14.7 Å². The van der Waals surface area contributed by atoms with Gasteiger partial charge in [-0.1, -0.05) is 6.92 Å². The van der Waals surface area contributed by atoms with Crippen molar-refractivity contribution in [1.82, 2.24) is 5.32 Å². The summed E-state index contributed by atoms with van der Waals surface area (Å²) in [5.41, 5.74) is 0. The highest BCUT2D eigenvalue weighted by molar-refractivity contribution is 5.77. The van der Waals surface area contributed by atoms with Crippen LogP contribution in [0.2, 0.25) is 0 Å². The van der Waals surface area contributed by atoms with Crippen LogP contribution in [0.3, 0.4) is 0 Å². The zero-order valence-corrected chi connectivity index (χ0v) is 9.87. The number of hydrogen-bond acceptors (Lipinski definition) is 2. The highest BCUT2D eigenvalue weighted by Crippen LogP contribution is 2.23. The Hall–Kier alpha value is -1.06. The van der Waals surface area contributed by atoms with E-state index < -0.39 is 5.97 Å². The maximum absolute atomic E-state index is 11.5. The Kier molecular flexibility index (Phi) is 5.29. The summed E-state index contributed by atoms with van der Waals surface area (Å²) in [5, 5.41) is 11.4. The van der Waals surface area contributed by atoms with E-state index in [0.717, 1.165) is 18.8 Å². The summed E-state index contributed by atoms with van der Waals surface area (Å²) in [6.45, 7) is 2.24. The molecule has 4 heteroatoms. The van der Waals surface area contributed by atoms with Crippen molar-refractivity contribution in [3.8, 4) is 0 Å². The van der Waals surface area contributed by atoms with Gasteiger partial charge >= 0.3 is 5.97 Å². The first-order valence-corrected chi connectivity index (χ1v) is 6.09. The van der Waals surface area contributed by atoms with Crippen LogP contribution in [0.1, 0.15) is 51.9 Å². The Morgan fingerprint density at radius 2 is 1.81 bits per heavy atom. The molecule has 0 aliphatic heterocycles. The molecule has 0 saturated heterocycles. The molecular formula is C12H21NO3. The molecule has 0 bridgehead atoms. The van der Waals surface area contributed by atoms with Gasteiger partial charge in [-0.3, -0.25) is 9.59 Å². The first kappa shape index (κ1) is 13.0. The van der Waals surface area contributed by atoms with Crippen LogP contribution >= 0.6 is 0 Å². The summed E-state index contributed by atoms with van der Waals surface area (Å²) >= 11 is 0. The average molecular weight is 227 g/mol. The van der Waals surface area contributed by atoms with Gasteiger partial charge in [-0.15, -0.1) is 0 Å². The van der Waals surface area contributed by atoms with Crippen molar-refractivity contribution in [3.63, 3.8) is 0 Å². The number of rotatable bonds is 5. The van der Waals surface area contributed by atoms with Crippen molar-refractivity contribution in [2.75, 3.05) is 0 Å². The van der Waals surface area contributed by atoms with E-state index in [1.807, 2.05) is 0 Å². The monoisotopic (exact) mass is 227 g/mol. The van der Waals surface area contributed by atoms with E-state index in [9.17, 15) is 9.59 Å². The van der Waals surface area contributed by atoms with E-state index in [2.05, 4.69) is 12.2 Å². The van der Waals surface area contributed by atoms with Crippen LogP contribution in [0.5, 0.6) is 0 Å². The van der Waals surface area contributed by atoms with E-state index in [1.165, 1.54) is 12.8 Å². The van der Waals surface area contributed by atoms with Crippen LogP contribution in [-0.4, -0.2) is 23.0 Å². The number of carbonyl (C=O) groups is 2. The average Bonchev–Trinajstić information content (AvgIpc) is 2.21. The summed E-state index contributed by atoms with van der Waals surface area (Å²) < 4.78 is 0. The number of carboxylic acid groups (broad SMARTS) is 1. The number of amides is 1. The van der Waals surface area contributed by atoms with Crippen LogP contribution < -0.4 is 5.32 Å². The quantitative estimate of drug-likeness (QED) is 0.754. The fourth-order valence-corrected chi connectivity index (χ4v) is 2.10. The minimum atomic E-state index is -0.834. The molecule has 0 aromatic heterocycles. The van der Waals surface area contributed by atoms with Crippen molar-refractivity contribution in [2.45, 2.75) is 57.9 Å². The fourth-order valence-electron chi connectivity index (χ4n) is 2.10. The molecule has 1 rings (SSSR count). The summed E-state index contributed by atoms with van der Waals surface area (Å²) in [7, 11) is 0. The van der Waals surface area contributed by atoms with Crippen molar-refractivity contribution in [3.05, 3.63) is 0 Å². The minimum absolute atomic E-state index is 0.000744. The molecule has 1 amide bonds. The molecule has 0 aromatic rings. The summed E-state index contributed by atoms with van der Waals surface area (Å²) in [4.78, 5) is 21.7. The van der Waals surface area contributed by atoms with Crippen molar-refractivity contribution in [1.29, 1.82) is 0 Å². The third kappa shape index (κ3) is 5.14. The Balaban J connectivity index is 2.11. The van der Waals surface area contributed by atoms with Gasteiger partial charge in [0.25, 0.3) is 0 Å². The number of nitrogens with one attached hydrogen (secondary N) is 1. The topological polar surface area (TPSA) is 66.4 Å². The zero-order valence-electron chi connectivity index (χ0n) is 9.87. The molecule has 0 unspecified atom stereocenters. The molecule has 92 valence electrons. The first-order valence-electron chi connectivity index (χ1n) is 6.09. The van der Waals surface area contributed by atoms with Crippen LogP contribution in [-0.2, 0) is 9.59 Å². The van der Waals surface area contributed by atoms with Crippen molar-refractivity contribution >= 4 is 11.9 Å². The Morgan fingerprint density at radius 1 is 1.19 bits per heavy atom. The summed E-state index contributed by atoms with van der Waals surface area (Å²) in [6.07, 6.45) is 5.33. The molecule has 1 aliphatic rings. The van der Waals surface area contributed by atoms with E-state index in [1.54, 1.807) is 0 Å². The largest absolute Gasteiger partial charge is 0.481 e. The lowest BCUT2D eigenvalue weighted by Gasteiger charge is -2.26. The first-order chi connectivity index (χ1) is 7.58. The van der Waals surface area contributed by atoms with E-state index in [-0.39, 0.29) is 12.3 Å². The van der Waals surface area contributed by atoms with Crippen molar-refractivity contribution in [2.24, 2.45) is 5.92 Å². The number of hydrogen-bond donors (Lipinski definition) is 2. The summed E-state index contributed by atoms with van der Waals surface area (Å²) in [6, 6.07) is 0.313. The normalized spacial score (nSPS) is 25.1. The molecule has 0 atom stereocenters. The van der Waals surface area contributed by atoms with Gasteiger partial charge in [-0.2, -0.15) is 0 Å². The molecule has 0 radical (unpaired) electrons. The highest BCUT2D eigenvalue weighted by Gasteiger charge is 2.19. The lowest BCUT2D eigenvalue weighted by atomic mass is 9.87. The molecule has 4 nitrogen and oxygen atoms in total. The van der Waals surface area contributed by atoms with E-state index in [0.29, 0.717) is 18.9 Å². The second-order valence-electron chi connectivity index (χ2n) is 4.77. The molecule has 2 N–H and O–H groups in total. The molecule has 1 aliphatic carbocycles. The van der Waals surface area contributed by atoms with Gasteiger partial charge in [0, 0.05) is 18.9 Å². The molecule has 0 heterocycles. The molecule has 0 spiro atoms. The standard InChI is InChI=1S/C12H21NO3/c1-9-5-7-10(8-6-9)13-11(14)3-2-4-12(15)16/h9-10H,2-8H2,1H3,(H,13,14)(H,15,16). The van der Waals surface area contributed by atoms with E-state index in [4.69, 9.17) is 5.11 Å². The fraction of sp³-hybridized carbons (Fsp3) is 0.833. The predicted molar refractivity (Wildman–Crippen MR) is 61.0 cm³/mol. The van der Waals surface area contributed by atoms with Gasteiger partial charge in [0.05, 0.1) is 0 Å². The smallest absolute Gasteiger partial charge is 0.303 e. The Bertz CT molecular complexity index is 245. The maximum Gasteiger partial charge on any atom is 0.303 e.